The average Bonchev–Trinajstić information content (AvgIpc) is 2.89. The topological polar surface area (TPSA) is 109 Å². The molecule has 1 aliphatic carbocycles. The molecule has 0 bridgehead atoms. The molecule has 9 atom stereocenters. The number of nitrogens with zero attached hydrogens (tertiary/aromatic N) is 1. The normalized spacial score (nSPS) is 36.4. The summed E-state index contributed by atoms with van der Waals surface area (Å²) in [7, 11) is 0. The second-order valence-electron chi connectivity index (χ2n) is 12.9. The first-order chi connectivity index (χ1) is 19.5. The molecule has 0 radical (unpaired) electrons. The Morgan fingerprint density at radius 3 is 2.46 bits per heavy atom. The monoisotopic (exact) mass is 568 g/mol. The van der Waals surface area contributed by atoms with Crippen LogP contribution in [0.1, 0.15) is 85.1 Å². The largest absolute Gasteiger partial charge is 0.462 e. The Kier molecular flexibility index (Phi) is 13.0. The summed E-state index contributed by atoms with van der Waals surface area (Å²) < 4.78 is 5.97. The first-order valence-electron chi connectivity index (χ1n) is 15.6. The number of carbonyl (C=O) groups is 2. The minimum atomic E-state index is -0.769. The zero-order valence-electron chi connectivity index (χ0n) is 25.7. The molecule has 3 N–H and O–H groups in total. The number of carbonyl (C=O) groups excluding carboxylic acids is 2. The summed E-state index contributed by atoms with van der Waals surface area (Å²) in [6.07, 6.45) is 13.1. The maximum atomic E-state index is 13.0. The van der Waals surface area contributed by atoms with Crippen molar-refractivity contribution in [2.45, 2.75) is 104 Å². The fraction of sp³-hybridized carbons (Fsp3) is 0.676. The molecule has 0 saturated heterocycles. The molecule has 2 heterocycles. The number of cyclic esters (lactones) is 1. The number of hydrogen-bond acceptors (Lipinski definition) is 6. The van der Waals surface area contributed by atoms with E-state index in [0.29, 0.717) is 31.2 Å². The first-order valence-corrected chi connectivity index (χ1v) is 15.6. The van der Waals surface area contributed by atoms with Crippen LogP contribution >= 0.6 is 0 Å². The van der Waals surface area contributed by atoms with Gasteiger partial charge in [-0.2, -0.15) is 0 Å². The Morgan fingerprint density at radius 2 is 1.80 bits per heavy atom. The van der Waals surface area contributed by atoms with Gasteiger partial charge in [-0.1, -0.05) is 52.0 Å². The van der Waals surface area contributed by atoms with Crippen molar-refractivity contribution < 1.29 is 24.5 Å². The van der Waals surface area contributed by atoms with Crippen LogP contribution in [0.2, 0.25) is 0 Å². The number of esters is 1. The van der Waals surface area contributed by atoms with Crippen molar-refractivity contribution in [1.82, 2.24) is 10.3 Å². The molecular weight excluding hydrogens is 516 g/mol. The Morgan fingerprint density at radius 1 is 1.07 bits per heavy atom. The quantitative estimate of drug-likeness (QED) is 0.410. The molecule has 0 aromatic carbocycles. The van der Waals surface area contributed by atoms with Gasteiger partial charge in [0.25, 0.3) is 0 Å². The number of allylic oxidation sites excluding steroid dienone is 2. The van der Waals surface area contributed by atoms with E-state index in [1.165, 1.54) is 0 Å². The highest BCUT2D eigenvalue weighted by Crippen LogP contribution is 2.40. The summed E-state index contributed by atoms with van der Waals surface area (Å²) in [5, 5.41) is 24.8. The van der Waals surface area contributed by atoms with Gasteiger partial charge in [-0.15, -0.1) is 0 Å². The number of aromatic nitrogens is 1. The zero-order valence-corrected chi connectivity index (χ0v) is 25.7. The Balaban J connectivity index is 1.70. The number of hydrogen-bond donors (Lipinski definition) is 3. The number of ether oxygens (including phenoxy) is 1. The molecule has 1 aromatic rings. The molecule has 7 heteroatoms. The van der Waals surface area contributed by atoms with E-state index in [4.69, 9.17) is 4.74 Å². The van der Waals surface area contributed by atoms with E-state index >= 15 is 0 Å². The molecule has 3 rings (SSSR count). The van der Waals surface area contributed by atoms with Gasteiger partial charge in [0.1, 0.15) is 6.10 Å². The van der Waals surface area contributed by atoms with E-state index in [2.05, 4.69) is 31.1 Å². The number of pyridine rings is 1. The lowest BCUT2D eigenvalue weighted by atomic mass is 9.69. The van der Waals surface area contributed by atoms with E-state index in [1.807, 2.05) is 44.2 Å². The highest BCUT2D eigenvalue weighted by atomic mass is 16.5. The van der Waals surface area contributed by atoms with Gasteiger partial charge in [0, 0.05) is 37.2 Å². The van der Waals surface area contributed by atoms with Gasteiger partial charge in [-0.25, -0.2) is 0 Å². The Hall–Kier alpha value is -2.51. The standard InChI is InChI=1S/C34H52N2O5/c1-22-17-23(2)19-26(5)33(39)24(3)9-6-7-11-31(41-32(38)20-30(37)25(4)18-22)28-12-13-29(28)34(40)36-16-14-27-10-8-15-35-21-27/h6-10,15,21-23,25-26,28-31,33,37,39H,11-14,16-20H2,1-5H3,(H,36,40)/b7-6+,24-9-/t22-,23+,25-,26-,28+,29+,30-,31-,33-/m0/s1. The summed E-state index contributed by atoms with van der Waals surface area (Å²) in [5.74, 6) is 0.266. The predicted molar refractivity (Wildman–Crippen MR) is 162 cm³/mol. The third-order valence-electron chi connectivity index (χ3n) is 9.12. The molecule has 1 fully saturated rings. The number of amides is 1. The van der Waals surface area contributed by atoms with E-state index in [1.54, 1.807) is 12.4 Å². The number of aliphatic hydroxyl groups excluding tert-OH is 2. The highest BCUT2D eigenvalue weighted by molar-refractivity contribution is 5.80. The molecule has 2 aliphatic rings. The van der Waals surface area contributed by atoms with Crippen LogP contribution in [-0.2, 0) is 20.7 Å². The smallest absolute Gasteiger partial charge is 0.308 e. The van der Waals surface area contributed by atoms with Crippen LogP contribution in [0.25, 0.3) is 0 Å². The summed E-state index contributed by atoms with van der Waals surface area (Å²) in [5.41, 5.74) is 1.98. The van der Waals surface area contributed by atoms with Crippen molar-refractivity contribution in [3.05, 3.63) is 53.9 Å². The van der Waals surface area contributed by atoms with Crippen molar-refractivity contribution in [2.24, 2.45) is 35.5 Å². The van der Waals surface area contributed by atoms with Crippen molar-refractivity contribution in [3.8, 4) is 0 Å². The van der Waals surface area contributed by atoms with Gasteiger partial charge in [-0.3, -0.25) is 14.6 Å². The van der Waals surface area contributed by atoms with Crippen LogP contribution in [0.4, 0.5) is 0 Å². The molecule has 41 heavy (non-hydrogen) atoms. The van der Waals surface area contributed by atoms with E-state index < -0.39 is 24.3 Å². The summed E-state index contributed by atoms with van der Waals surface area (Å²) >= 11 is 0. The van der Waals surface area contributed by atoms with E-state index in [9.17, 15) is 19.8 Å². The minimum absolute atomic E-state index is 0.00523. The maximum absolute atomic E-state index is 13.0. The van der Waals surface area contributed by atoms with Gasteiger partial charge in [0.15, 0.2) is 0 Å². The molecule has 1 aromatic heterocycles. The van der Waals surface area contributed by atoms with Crippen LogP contribution in [0.15, 0.2) is 48.3 Å². The van der Waals surface area contributed by atoms with Crippen LogP contribution < -0.4 is 5.32 Å². The van der Waals surface area contributed by atoms with Crippen molar-refractivity contribution in [1.29, 1.82) is 0 Å². The van der Waals surface area contributed by atoms with Gasteiger partial charge in [0.2, 0.25) is 5.91 Å². The minimum Gasteiger partial charge on any atom is -0.462 e. The lowest BCUT2D eigenvalue weighted by Crippen LogP contribution is -2.47. The molecule has 0 spiro atoms. The number of nitrogens with one attached hydrogen (secondary N) is 1. The lowest BCUT2D eigenvalue weighted by Gasteiger charge is -2.40. The van der Waals surface area contributed by atoms with Gasteiger partial charge < -0.3 is 20.3 Å². The summed E-state index contributed by atoms with van der Waals surface area (Å²) in [6.45, 7) is 11.0. The van der Waals surface area contributed by atoms with Crippen molar-refractivity contribution in [3.63, 3.8) is 0 Å². The summed E-state index contributed by atoms with van der Waals surface area (Å²) in [6, 6.07) is 3.88. The van der Waals surface area contributed by atoms with Crippen LogP contribution in [0, 0.1) is 35.5 Å². The number of rotatable bonds is 5. The first kappa shape index (κ1) is 33.0. The molecular formula is C34H52N2O5. The molecule has 7 nitrogen and oxygen atoms in total. The zero-order chi connectivity index (χ0) is 29.9. The Labute approximate surface area is 246 Å². The fourth-order valence-corrected chi connectivity index (χ4v) is 6.62. The average molecular weight is 569 g/mol. The second-order valence-corrected chi connectivity index (χ2v) is 12.9. The van der Waals surface area contributed by atoms with Gasteiger partial charge in [0.05, 0.1) is 18.6 Å². The maximum Gasteiger partial charge on any atom is 0.308 e. The van der Waals surface area contributed by atoms with Crippen LogP contribution in [0.5, 0.6) is 0 Å². The Bertz CT molecular complexity index is 1030. The third-order valence-corrected chi connectivity index (χ3v) is 9.12. The predicted octanol–water partition coefficient (Wildman–Crippen LogP) is 5.41. The van der Waals surface area contributed by atoms with E-state index in [-0.39, 0.29) is 36.0 Å². The molecule has 1 saturated carbocycles. The molecule has 1 aliphatic heterocycles. The van der Waals surface area contributed by atoms with Crippen molar-refractivity contribution >= 4 is 11.9 Å². The van der Waals surface area contributed by atoms with Crippen LogP contribution in [0.3, 0.4) is 0 Å². The lowest BCUT2D eigenvalue weighted by molar-refractivity contribution is -0.161. The highest BCUT2D eigenvalue weighted by Gasteiger charge is 2.42. The van der Waals surface area contributed by atoms with Crippen LogP contribution in [-0.4, -0.2) is 51.9 Å². The molecule has 1 amide bonds. The molecule has 228 valence electrons. The SMILES string of the molecule is C/C1=C/C=C/C[C@@H]([C@@H]2CC[C@H]2C(=O)NCCc2cccnc2)OC(=O)C[C@H](O)[C@@H](C)C[C@@H](C)C[C@@H](C)C[C@H](C)[C@H]1O. The second kappa shape index (κ2) is 16.2. The van der Waals surface area contributed by atoms with E-state index in [0.717, 1.165) is 43.2 Å². The fourth-order valence-electron chi connectivity index (χ4n) is 6.62. The third kappa shape index (κ3) is 10.4. The molecule has 0 unspecified atom stereocenters. The number of aliphatic hydroxyl groups is 2. The van der Waals surface area contributed by atoms with Gasteiger partial charge >= 0.3 is 5.97 Å². The van der Waals surface area contributed by atoms with Gasteiger partial charge in [-0.05, 0) is 86.3 Å². The van der Waals surface area contributed by atoms with Crippen molar-refractivity contribution in [2.75, 3.05) is 6.54 Å². The summed E-state index contributed by atoms with van der Waals surface area (Å²) in [4.78, 5) is 30.2.